The SMILES string of the molecule is C=CCN1C(=O)C(Cc2ccccc2C)SC1=NN=Cc1ccc([N+](=O)[O-])cc1. The first-order chi connectivity index (χ1) is 14.0. The van der Waals surface area contributed by atoms with Gasteiger partial charge >= 0.3 is 0 Å². The summed E-state index contributed by atoms with van der Waals surface area (Å²) in [6.45, 7) is 6.11. The first-order valence-electron chi connectivity index (χ1n) is 8.98. The Kier molecular flexibility index (Phi) is 6.56. The molecule has 7 nitrogen and oxygen atoms in total. The van der Waals surface area contributed by atoms with Gasteiger partial charge in [-0.2, -0.15) is 5.10 Å². The van der Waals surface area contributed by atoms with Crippen LogP contribution in [0, 0.1) is 17.0 Å². The molecule has 1 aliphatic heterocycles. The van der Waals surface area contributed by atoms with Crippen molar-refractivity contribution >= 4 is 34.7 Å². The minimum atomic E-state index is -0.455. The van der Waals surface area contributed by atoms with Crippen LogP contribution in [0.3, 0.4) is 0 Å². The highest BCUT2D eigenvalue weighted by Gasteiger charge is 2.37. The average Bonchev–Trinajstić information content (AvgIpc) is 2.99. The van der Waals surface area contributed by atoms with Gasteiger partial charge in [0.15, 0.2) is 5.17 Å². The Labute approximate surface area is 173 Å². The second-order valence-corrected chi connectivity index (χ2v) is 7.62. The molecule has 0 N–H and O–H groups in total. The number of hydrogen-bond donors (Lipinski definition) is 0. The van der Waals surface area contributed by atoms with E-state index in [0.717, 1.165) is 11.1 Å². The van der Waals surface area contributed by atoms with Gasteiger partial charge in [-0.05, 0) is 42.2 Å². The number of thioether (sulfide) groups is 1. The number of aryl methyl sites for hydroxylation is 1. The van der Waals surface area contributed by atoms with Gasteiger partial charge in [0, 0.05) is 18.7 Å². The van der Waals surface area contributed by atoms with Crippen molar-refractivity contribution in [3.8, 4) is 0 Å². The van der Waals surface area contributed by atoms with Crippen LogP contribution < -0.4 is 0 Å². The van der Waals surface area contributed by atoms with Crippen molar-refractivity contribution in [1.29, 1.82) is 0 Å². The molecule has 1 fully saturated rings. The lowest BCUT2D eigenvalue weighted by molar-refractivity contribution is -0.384. The zero-order chi connectivity index (χ0) is 20.8. The van der Waals surface area contributed by atoms with E-state index in [4.69, 9.17) is 0 Å². The molecule has 0 aromatic heterocycles. The summed E-state index contributed by atoms with van der Waals surface area (Å²) in [5.41, 5.74) is 2.98. The fraction of sp³-hybridized carbons (Fsp3) is 0.190. The standard InChI is InChI=1S/C21H20N4O3S/c1-3-12-24-20(26)19(13-17-7-5-4-6-15(17)2)29-21(24)23-22-14-16-8-10-18(11-9-16)25(27)28/h3-11,14,19H,1,12-13H2,2H3. The van der Waals surface area contributed by atoms with Gasteiger partial charge in [0.25, 0.3) is 5.69 Å². The smallest absolute Gasteiger partial charge is 0.269 e. The molecule has 2 aromatic carbocycles. The molecule has 29 heavy (non-hydrogen) atoms. The first-order valence-corrected chi connectivity index (χ1v) is 9.86. The number of nitrogens with zero attached hydrogens (tertiary/aromatic N) is 4. The highest BCUT2D eigenvalue weighted by Crippen LogP contribution is 2.30. The zero-order valence-electron chi connectivity index (χ0n) is 15.9. The molecule has 8 heteroatoms. The lowest BCUT2D eigenvalue weighted by Gasteiger charge is -2.13. The van der Waals surface area contributed by atoms with Crippen molar-refractivity contribution < 1.29 is 9.72 Å². The maximum absolute atomic E-state index is 12.8. The third-order valence-electron chi connectivity index (χ3n) is 4.45. The largest absolute Gasteiger partial charge is 0.285 e. The number of non-ortho nitro benzene ring substituents is 1. The van der Waals surface area contributed by atoms with Crippen molar-refractivity contribution in [1.82, 2.24) is 4.90 Å². The summed E-state index contributed by atoms with van der Waals surface area (Å²) in [5.74, 6) is -0.0116. The van der Waals surface area contributed by atoms with Crippen LogP contribution in [0.4, 0.5) is 5.69 Å². The van der Waals surface area contributed by atoms with E-state index in [1.807, 2.05) is 31.2 Å². The number of nitro benzene ring substituents is 1. The number of amidine groups is 1. The quantitative estimate of drug-likeness (QED) is 0.300. The molecule has 2 aromatic rings. The first kappa shape index (κ1) is 20.5. The lowest BCUT2D eigenvalue weighted by Crippen LogP contribution is -2.32. The van der Waals surface area contributed by atoms with E-state index in [9.17, 15) is 14.9 Å². The minimum absolute atomic E-state index is 0.0116. The van der Waals surface area contributed by atoms with Crippen LogP contribution in [0.5, 0.6) is 0 Å². The van der Waals surface area contributed by atoms with Gasteiger partial charge in [-0.3, -0.25) is 19.8 Å². The summed E-state index contributed by atoms with van der Waals surface area (Å²) in [4.78, 5) is 24.7. The second-order valence-electron chi connectivity index (χ2n) is 6.45. The molecule has 1 aliphatic rings. The van der Waals surface area contributed by atoms with Crippen LogP contribution in [0.15, 0.2) is 71.4 Å². The molecule has 1 amide bonds. The summed E-state index contributed by atoms with van der Waals surface area (Å²) in [7, 11) is 0. The second kappa shape index (κ2) is 9.29. The zero-order valence-corrected chi connectivity index (χ0v) is 16.7. The predicted octanol–water partition coefficient (Wildman–Crippen LogP) is 3.97. The van der Waals surface area contributed by atoms with E-state index in [2.05, 4.69) is 16.8 Å². The normalized spacial score (nSPS) is 18.0. The predicted molar refractivity (Wildman–Crippen MR) is 116 cm³/mol. The molecule has 3 rings (SSSR count). The molecule has 1 heterocycles. The van der Waals surface area contributed by atoms with Crippen molar-refractivity contribution in [2.24, 2.45) is 10.2 Å². The summed E-state index contributed by atoms with van der Waals surface area (Å²) >= 11 is 1.39. The van der Waals surface area contributed by atoms with E-state index < -0.39 is 4.92 Å². The number of benzene rings is 2. The van der Waals surface area contributed by atoms with E-state index >= 15 is 0 Å². The molecule has 0 spiro atoms. The lowest BCUT2D eigenvalue weighted by atomic mass is 10.0. The monoisotopic (exact) mass is 408 g/mol. The maximum atomic E-state index is 12.8. The van der Waals surface area contributed by atoms with Gasteiger partial charge in [0.05, 0.1) is 16.4 Å². The molecular weight excluding hydrogens is 388 g/mol. The van der Waals surface area contributed by atoms with Gasteiger partial charge in [-0.15, -0.1) is 11.7 Å². The van der Waals surface area contributed by atoms with Crippen LogP contribution >= 0.6 is 11.8 Å². The fourth-order valence-electron chi connectivity index (χ4n) is 2.88. The third-order valence-corrected chi connectivity index (χ3v) is 5.62. The summed E-state index contributed by atoms with van der Waals surface area (Å²) < 4.78 is 0. The third kappa shape index (κ3) is 4.97. The van der Waals surface area contributed by atoms with E-state index in [1.165, 1.54) is 30.1 Å². The molecule has 0 saturated carbocycles. The molecular formula is C21H20N4O3S. The fourth-order valence-corrected chi connectivity index (χ4v) is 4.01. The number of hydrogen-bond acceptors (Lipinski definition) is 6. The highest BCUT2D eigenvalue weighted by atomic mass is 32.2. The van der Waals surface area contributed by atoms with Crippen molar-refractivity contribution in [3.05, 3.63) is 88.0 Å². The Balaban J connectivity index is 1.75. The van der Waals surface area contributed by atoms with Crippen molar-refractivity contribution in [3.63, 3.8) is 0 Å². The molecule has 0 radical (unpaired) electrons. The van der Waals surface area contributed by atoms with Gasteiger partial charge in [-0.25, -0.2) is 0 Å². The summed E-state index contributed by atoms with van der Waals surface area (Å²) in [6, 6.07) is 14.0. The molecule has 148 valence electrons. The topological polar surface area (TPSA) is 88.2 Å². The number of carbonyl (C=O) groups excluding carboxylic acids is 1. The molecule has 1 unspecified atom stereocenters. The van der Waals surface area contributed by atoms with E-state index in [-0.39, 0.29) is 16.8 Å². The van der Waals surface area contributed by atoms with Crippen LogP contribution in [0.2, 0.25) is 0 Å². The van der Waals surface area contributed by atoms with Crippen LogP contribution in [0.25, 0.3) is 0 Å². The Morgan fingerprint density at radius 1 is 1.24 bits per heavy atom. The number of carbonyl (C=O) groups is 1. The van der Waals surface area contributed by atoms with Gasteiger partial charge in [0.1, 0.15) is 0 Å². The number of amides is 1. The van der Waals surface area contributed by atoms with Crippen LogP contribution in [-0.4, -0.2) is 38.9 Å². The van der Waals surface area contributed by atoms with E-state index in [0.29, 0.717) is 23.7 Å². The highest BCUT2D eigenvalue weighted by molar-refractivity contribution is 8.15. The number of rotatable bonds is 7. The summed E-state index contributed by atoms with van der Waals surface area (Å²) in [5, 5.41) is 19.3. The Morgan fingerprint density at radius 2 is 1.97 bits per heavy atom. The Bertz CT molecular complexity index is 986. The van der Waals surface area contributed by atoms with Crippen molar-refractivity contribution in [2.45, 2.75) is 18.6 Å². The Morgan fingerprint density at radius 3 is 2.62 bits per heavy atom. The maximum Gasteiger partial charge on any atom is 0.269 e. The Hall–Kier alpha value is -3.26. The minimum Gasteiger partial charge on any atom is -0.285 e. The molecule has 1 atom stereocenters. The average molecular weight is 408 g/mol. The molecule has 0 bridgehead atoms. The molecule has 0 aliphatic carbocycles. The van der Waals surface area contributed by atoms with Crippen LogP contribution in [0.1, 0.15) is 16.7 Å². The molecule has 1 saturated heterocycles. The summed E-state index contributed by atoms with van der Waals surface area (Å²) in [6.07, 6.45) is 3.78. The van der Waals surface area contributed by atoms with Gasteiger partial charge in [-0.1, -0.05) is 42.1 Å². The van der Waals surface area contributed by atoms with Gasteiger partial charge < -0.3 is 0 Å². The van der Waals surface area contributed by atoms with E-state index in [1.54, 1.807) is 23.1 Å². The van der Waals surface area contributed by atoms with Gasteiger partial charge in [0.2, 0.25) is 5.91 Å². The van der Waals surface area contributed by atoms with Crippen LogP contribution in [-0.2, 0) is 11.2 Å². The van der Waals surface area contributed by atoms with Crippen molar-refractivity contribution in [2.75, 3.05) is 6.54 Å². The number of nitro groups is 1.